The van der Waals surface area contributed by atoms with E-state index < -0.39 is 39.8 Å². The average molecular weight is 480 g/mol. The molecule has 2 aromatic rings. The van der Waals surface area contributed by atoms with Crippen LogP contribution in [0.4, 0.5) is 5.69 Å². The van der Waals surface area contributed by atoms with Crippen LogP contribution in [-0.4, -0.2) is 57.4 Å². The van der Waals surface area contributed by atoms with Gasteiger partial charge in [-0.05, 0) is 38.5 Å². The smallest absolute Gasteiger partial charge is 0.310 e. The minimum absolute atomic E-state index is 0.179. The van der Waals surface area contributed by atoms with Crippen molar-refractivity contribution >= 4 is 40.1 Å². The fraction of sp³-hybridized carbons (Fsp3) is 0.500. The second-order valence-electron chi connectivity index (χ2n) is 8.69. The summed E-state index contributed by atoms with van der Waals surface area (Å²) in [5.41, 5.74) is 2.71. The maximum absolute atomic E-state index is 13.2. The van der Waals surface area contributed by atoms with E-state index in [0.29, 0.717) is 24.5 Å². The number of hydrogen-bond donors (Lipinski definition) is 2. The number of carbonyl (C=O) groups excluding carboxylic acids is 1. The number of rotatable bonds is 9. The van der Waals surface area contributed by atoms with Crippen LogP contribution in [0.15, 0.2) is 35.2 Å². The van der Waals surface area contributed by atoms with Gasteiger partial charge in [-0.25, -0.2) is 4.98 Å². The topological polar surface area (TPSA) is 115 Å². The van der Waals surface area contributed by atoms with Crippen molar-refractivity contribution < 1.29 is 24.0 Å². The molecule has 1 fully saturated rings. The number of Topliss-reactive ketones (excluding diaryl/α,β-unsaturated/α-hetero) is 1. The highest BCUT2D eigenvalue weighted by Crippen LogP contribution is 2.37. The summed E-state index contributed by atoms with van der Waals surface area (Å²) in [6.07, 6.45) is -0.788. The first kappa shape index (κ1) is 24.7. The summed E-state index contributed by atoms with van der Waals surface area (Å²) in [5.74, 6) is -1.66. The van der Waals surface area contributed by atoms with Gasteiger partial charge in [0.2, 0.25) is 0 Å². The summed E-state index contributed by atoms with van der Waals surface area (Å²) in [6, 6.07) is 7.71. The van der Waals surface area contributed by atoms with Gasteiger partial charge in [-0.3, -0.25) is 9.59 Å². The second kappa shape index (κ2) is 10.3. The van der Waals surface area contributed by atoms with Gasteiger partial charge in [0, 0.05) is 41.9 Å². The van der Waals surface area contributed by atoms with E-state index >= 15 is 0 Å². The average Bonchev–Trinajstić information content (AvgIpc) is 3.28. The number of aromatic nitrogens is 1. The Morgan fingerprint density at radius 2 is 1.91 bits per heavy atom. The number of aliphatic carboxylic acids is 1. The molecule has 32 heavy (non-hydrogen) atoms. The number of ether oxygens (including phenoxy) is 1. The fourth-order valence-corrected chi connectivity index (χ4v) is 5.07. The Bertz CT molecular complexity index is 909. The molecule has 1 aromatic carbocycles. The normalized spacial score (nSPS) is 17.6. The number of carboxylic acid groups (broad SMARTS) is 1. The molecule has 0 amide bonds. The van der Waals surface area contributed by atoms with Gasteiger partial charge in [0.25, 0.3) is 0 Å². The number of hydrogen-bond acceptors (Lipinski definition) is 8. The molecule has 2 heterocycles. The Hall–Kier alpha value is -1.98. The highest BCUT2D eigenvalue weighted by atomic mass is 32.2. The third kappa shape index (κ3) is 5.87. The first-order valence-corrected chi connectivity index (χ1v) is 12.5. The monoisotopic (exact) mass is 479 g/mol. The number of nitrogens with zero attached hydrogens (tertiary/aromatic N) is 2. The number of ketones is 1. The molecule has 0 saturated carbocycles. The van der Waals surface area contributed by atoms with E-state index in [9.17, 15) is 14.1 Å². The number of thiazole rings is 1. The number of morpholine rings is 1. The number of carboxylic acids is 1. The van der Waals surface area contributed by atoms with Gasteiger partial charge in [0.1, 0.15) is 22.5 Å². The van der Waals surface area contributed by atoms with Crippen molar-refractivity contribution in [3.8, 4) is 0 Å². The van der Waals surface area contributed by atoms with E-state index in [2.05, 4.69) is 14.6 Å². The molecule has 174 valence electrons. The summed E-state index contributed by atoms with van der Waals surface area (Å²) in [7, 11) is 0. The van der Waals surface area contributed by atoms with E-state index in [1.807, 2.05) is 45.0 Å². The van der Waals surface area contributed by atoms with E-state index in [0.717, 1.165) is 18.8 Å². The summed E-state index contributed by atoms with van der Waals surface area (Å²) in [4.78, 5) is 30.6. The molecule has 1 aliphatic rings. The second-order valence-corrected chi connectivity index (χ2v) is 11.4. The Morgan fingerprint density at radius 1 is 1.25 bits per heavy atom. The summed E-state index contributed by atoms with van der Waals surface area (Å²) < 4.78 is 21.2. The lowest BCUT2D eigenvalue weighted by Crippen LogP contribution is -2.53. The van der Waals surface area contributed by atoms with Crippen LogP contribution in [0, 0.1) is 0 Å². The molecule has 0 spiro atoms. The van der Waals surface area contributed by atoms with Crippen molar-refractivity contribution in [2.75, 3.05) is 31.2 Å². The highest BCUT2D eigenvalue weighted by Gasteiger charge is 2.45. The lowest BCUT2D eigenvalue weighted by molar-refractivity contribution is -0.140. The minimum Gasteiger partial charge on any atom is -0.598 e. The lowest BCUT2D eigenvalue weighted by atomic mass is 9.82. The Kier molecular flexibility index (Phi) is 7.94. The van der Waals surface area contributed by atoms with E-state index in [1.165, 1.54) is 11.3 Å². The molecule has 1 aromatic heterocycles. The first-order chi connectivity index (χ1) is 15.1. The maximum Gasteiger partial charge on any atom is 0.310 e. The Labute approximate surface area is 195 Å². The van der Waals surface area contributed by atoms with Crippen LogP contribution in [0.2, 0.25) is 0 Å². The molecular weight excluding hydrogens is 450 g/mol. The molecular formula is C22H29N3O5S2. The maximum atomic E-state index is 13.2. The van der Waals surface area contributed by atoms with E-state index in [4.69, 9.17) is 9.84 Å². The van der Waals surface area contributed by atoms with Crippen molar-refractivity contribution in [1.82, 2.24) is 9.71 Å². The molecule has 2 atom stereocenters. The van der Waals surface area contributed by atoms with Crippen LogP contribution in [0.3, 0.4) is 0 Å². The van der Waals surface area contributed by atoms with Gasteiger partial charge >= 0.3 is 5.97 Å². The molecule has 3 rings (SSSR count). The third-order valence-electron chi connectivity index (χ3n) is 5.24. The molecule has 1 aliphatic heterocycles. The van der Waals surface area contributed by atoms with Crippen molar-refractivity contribution in [1.29, 1.82) is 0 Å². The largest absolute Gasteiger partial charge is 0.598 e. The molecule has 0 bridgehead atoms. The van der Waals surface area contributed by atoms with Crippen LogP contribution in [0.5, 0.6) is 0 Å². The predicted octanol–water partition coefficient (Wildman–Crippen LogP) is 2.71. The zero-order valence-electron chi connectivity index (χ0n) is 18.5. The summed E-state index contributed by atoms with van der Waals surface area (Å²) >= 11 is -0.180. The summed E-state index contributed by atoms with van der Waals surface area (Å²) in [5, 5.41) is 10.9. The fourth-order valence-electron chi connectivity index (χ4n) is 3.53. The summed E-state index contributed by atoms with van der Waals surface area (Å²) in [6.45, 7) is 8.42. The molecule has 0 radical (unpaired) electrons. The molecule has 2 N–H and O–H groups in total. The van der Waals surface area contributed by atoms with Crippen LogP contribution < -0.4 is 9.62 Å². The first-order valence-electron chi connectivity index (χ1n) is 10.4. The highest BCUT2D eigenvalue weighted by molar-refractivity contribution is 7.90. The van der Waals surface area contributed by atoms with Crippen LogP contribution in [0.1, 0.15) is 44.9 Å². The van der Waals surface area contributed by atoms with Crippen LogP contribution in [-0.2, 0) is 31.2 Å². The van der Waals surface area contributed by atoms with Crippen molar-refractivity contribution in [2.24, 2.45) is 0 Å². The Morgan fingerprint density at radius 3 is 2.44 bits per heavy atom. The van der Waals surface area contributed by atoms with E-state index in [1.54, 1.807) is 10.9 Å². The van der Waals surface area contributed by atoms with Crippen molar-refractivity contribution in [3.05, 3.63) is 46.4 Å². The molecule has 1 saturated heterocycles. The Balaban J connectivity index is 2.04. The zero-order valence-corrected chi connectivity index (χ0v) is 20.1. The van der Waals surface area contributed by atoms with Gasteiger partial charge in [0.15, 0.2) is 0 Å². The number of nitrogens with one attached hydrogen (secondary N) is 1. The van der Waals surface area contributed by atoms with Gasteiger partial charge in [-0.15, -0.1) is 16.1 Å². The van der Waals surface area contributed by atoms with Gasteiger partial charge in [-0.1, -0.05) is 12.1 Å². The zero-order chi connectivity index (χ0) is 23.4. The van der Waals surface area contributed by atoms with Crippen molar-refractivity contribution in [3.63, 3.8) is 0 Å². The molecule has 8 nitrogen and oxygen atoms in total. The van der Waals surface area contributed by atoms with Crippen LogP contribution in [0.25, 0.3) is 0 Å². The number of carbonyl (C=O) groups is 2. The van der Waals surface area contributed by atoms with Gasteiger partial charge in [0.05, 0.1) is 24.4 Å². The standard InChI is InChI=1S/C22H29N3O5S2/c1-21(2,3)32(29)24-22(19-14-31-15-23-19,13-18(26)12-20(27)28)16-4-6-17(7-5-16)25-8-10-30-11-9-25/h4-7,14-15,24H,8-13H2,1-3H3,(H,27,28). The van der Waals surface area contributed by atoms with E-state index in [-0.39, 0.29) is 6.42 Å². The molecule has 10 heteroatoms. The SMILES string of the molecule is CC(C)(C)[S+]([O-])NC(CC(=O)CC(=O)O)(c1ccc(N2CCOCC2)cc1)c1cscn1. The van der Waals surface area contributed by atoms with Crippen LogP contribution >= 0.6 is 11.3 Å². The molecule has 2 unspecified atom stereocenters. The number of anilines is 1. The quantitative estimate of drug-likeness (QED) is 0.417. The van der Waals surface area contributed by atoms with Gasteiger partial charge < -0.3 is 19.3 Å². The number of benzene rings is 1. The lowest BCUT2D eigenvalue weighted by Gasteiger charge is -2.37. The van der Waals surface area contributed by atoms with Crippen molar-refractivity contribution in [2.45, 2.75) is 43.9 Å². The predicted molar refractivity (Wildman–Crippen MR) is 125 cm³/mol. The molecule has 0 aliphatic carbocycles. The van der Waals surface area contributed by atoms with Gasteiger partial charge in [-0.2, -0.15) is 0 Å². The minimum atomic E-state index is -1.54. The third-order valence-corrected chi connectivity index (χ3v) is 7.47.